The van der Waals surface area contributed by atoms with Gasteiger partial charge in [-0.2, -0.15) is 5.10 Å². The lowest BCUT2D eigenvalue weighted by Crippen LogP contribution is -2.37. The Hall–Kier alpha value is -2.67. The fraction of sp³-hybridized carbons (Fsp3) is 0.421. The van der Waals surface area contributed by atoms with Gasteiger partial charge in [0, 0.05) is 69.0 Å². The number of fused-ring (bicyclic) bond motifs is 1. The summed E-state index contributed by atoms with van der Waals surface area (Å²) in [7, 11) is 1.95. The molecule has 0 saturated carbocycles. The monoisotopic (exact) mass is 352 g/mol. The summed E-state index contributed by atoms with van der Waals surface area (Å²) < 4.78 is 9.92. The second-order valence-corrected chi connectivity index (χ2v) is 6.69. The third-order valence-corrected chi connectivity index (χ3v) is 4.89. The van der Waals surface area contributed by atoms with Gasteiger partial charge in [-0.25, -0.2) is 9.97 Å². The van der Waals surface area contributed by atoms with Crippen molar-refractivity contribution >= 4 is 0 Å². The van der Waals surface area contributed by atoms with Crippen LogP contribution in [0, 0.1) is 0 Å². The SMILES string of the molecule is CC1c2ncc(CCOc3ccccn3)n2CCN1Cc1cnn(C)c1. The maximum absolute atomic E-state index is 5.73. The average molecular weight is 352 g/mol. The second kappa shape index (κ2) is 7.29. The smallest absolute Gasteiger partial charge is 0.213 e. The van der Waals surface area contributed by atoms with Crippen molar-refractivity contribution in [2.45, 2.75) is 32.5 Å². The molecule has 7 nitrogen and oxygen atoms in total. The van der Waals surface area contributed by atoms with Gasteiger partial charge in [-0.3, -0.25) is 9.58 Å². The predicted octanol–water partition coefficient (Wildman–Crippen LogP) is 2.21. The van der Waals surface area contributed by atoms with Crippen LogP contribution in [0.5, 0.6) is 5.88 Å². The number of imidazole rings is 1. The lowest BCUT2D eigenvalue weighted by molar-refractivity contribution is 0.154. The minimum atomic E-state index is 0.286. The fourth-order valence-corrected chi connectivity index (χ4v) is 3.50. The molecule has 0 saturated heterocycles. The zero-order valence-electron chi connectivity index (χ0n) is 15.2. The number of ether oxygens (including phenoxy) is 1. The number of rotatable bonds is 6. The largest absolute Gasteiger partial charge is 0.477 e. The Morgan fingerprint density at radius 2 is 2.12 bits per heavy atom. The highest BCUT2D eigenvalue weighted by molar-refractivity contribution is 5.14. The Bertz CT molecular complexity index is 856. The van der Waals surface area contributed by atoms with Crippen LogP contribution in [0.2, 0.25) is 0 Å². The Balaban J connectivity index is 1.39. The molecule has 26 heavy (non-hydrogen) atoms. The molecule has 3 aromatic rings. The molecule has 1 aliphatic rings. The first-order valence-corrected chi connectivity index (χ1v) is 9.00. The van der Waals surface area contributed by atoms with Crippen LogP contribution in [0.25, 0.3) is 0 Å². The van der Waals surface area contributed by atoms with Crippen molar-refractivity contribution in [3.05, 3.63) is 60.1 Å². The molecule has 3 aromatic heterocycles. The van der Waals surface area contributed by atoms with Crippen LogP contribution in [0.15, 0.2) is 43.0 Å². The molecular weight excluding hydrogens is 328 g/mol. The normalized spacial score (nSPS) is 17.2. The van der Waals surface area contributed by atoms with E-state index in [0.717, 1.165) is 31.9 Å². The molecule has 0 spiro atoms. The Kier molecular flexibility index (Phi) is 4.71. The van der Waals surface area contributed by atoms with Crippen molar-refractivity contribution in [3.63, 3.8) is 0 Å². The molecular formula is C19H24N6O. The molecule has 1 atom stereocenters. The zero-order valence-corrected chi connectivity index (χ0v) is 15.2. The fourth-order valence-electron chi connectivity index (χ4n) is 3.50. The van der Waals surface area contributed by atoms with Crippen molar-refractivity contribution in [3.8, 4) is 5.88 Å². The van der Waals surface area contributed by atoms with E-state index in [9.17, 15) is 0 Å². The molecule has 0 aromatic carbocycles. The molecule has 1 unspecified atom stereocenters. The van der Waals surface area contributed by atoms with Gasteiger partial charge < -0.3 is 9.30 Å². The molecule has 1 aliphatic heterocycles. The van der Waals surface area contributed by atoms with Crippen molar-refractivity contribution in [1.29, 1.82) is 0 Å². The van der Waals surface area contributed by atoms with E-state index in [-0.39, 0.29) is 6.04 Å². The molecule has 0 amide bonds. The minimum absolute atomic E-state index is 0.286. The Labute approximate surface area is 153 Å². The highest BCUT2D eigenvalue weighted by atomic mass is 16.5. The molecule has 4 heterocycles. The van der Waals surface area contributed by atoms with E-state index < -0.39 is 0 Å². The van der Waals surface area contributed by atoms with E-state index in [1.54, 1.807) is 6.20 Å². The van der Waals surface area contributed by atoms with E-state index in [0.29, 0.717) is 12.5 Å². The van der Waals surface area contributed by atoms with E-state index >= 15 is 0 Å². The standard InChI is InChI=1S/C19H24N6O/c1-15-19-21-12-17(6-10-26-18-5-3-4-7-20-18)25(19)9-8-24(15)14-16-11-22-23(2)13-16/h3-5,7,11-13,15H,6,8-10,14H2,1-2H3. The van der Waals surface area contributed by atoms with E-state index in [2.05, 4.69) is 37.7 Å². The van der Waals surface area contributed by atoms with Crippen molar-refractivity contribution in [2.75, 3.05) is 13.2 Å². The van der Waals surface area contributed by atoms with Crippen LogP contribution in [-0.2, 0) is 26.6 Å². The van der Waals surface area contributed by atoms with Crippen molar-refractivity contribution in [1.82, 2.24) is 29.2 Å². The summed E-state index contributed by atoms with van der Waals surface area (Å²) in [5.74, 6) is 1.80. The Morgan fingerprint density at radius 1 is 1.19 bits per heavy atom. The Morgan fingerprint density at radius 3 is 2.88 bits per heavy atom. The number of hydrogen-bond donors (Lipinski definition) is 0. The maximum atomic E-state index is 5.73. The first-order chi connectivity index (χ1) is 12.7. The summed E-state index contributed by atoms with van der Waals surface area (Å²) in [6.07, 6.45) is 8.58. The van der Waals surface area contributed by atoms with Gasteiger partial charge in [0.05, 0.1) is 18.8 Å². The molecule has 4 rings (SSSR count). The predicted molar refractivity (Wildman–Crippen MR) is 97.7 cm³/mol. The van der Waals surface area contributed by atoms with Crippen LogP contribution in [0.3, 0.4) is 0 Å². The van der Waals surface area contributed by atoms with Gasteiger partial charge in [-0.1, -0.05) is 6.07 Å². The molecule has 0 fully saturated rings. The molecule has 136 valence electrons. The van der Waals surface area contributed by atoms with Crippen molar-refractivity contribution < 1.29 is 4.74 Å². The number of pyridine rings is 1. The second-order valence-electron chi connectivity index (χ2n) is 6.69. The van der Waals surface area contributed by atoms with Gasteiger partial charge in [-0.15, -0.1) is 0 Å². The van der Waals surface area contributed by atoms with Crippen LogP contribution in [-0.4, -0.2) is 42.4 Å². The molecule has 7 heteroatoms. The molecule has 0 aliphatic carbocycles. The summed E-state index contributed by atoms with van der Waals surface area (Å²) >= 11 is 0. The third kappa shape index (κ3) is 3.48. The summed E-state index contributed by atoms with van der Waals surface area (Å²) in [5, 5.41) is 4.26. The summed E-state index contributed by atoms with van der Waals surface area (Å²) in [5.41, 5.74) is 2.46. The lowest BCUT2D eigenvalue weighted by atomic mass is 10.2. The maximum Gasteiger partial charge on any atom is 0.213 e. The van der Waals surface area contributed by atoms with E-state index in [1.165, 1.54) is 11.3 Å². The van der Waals surface area contributed by atoms with Crippen LogP contribution in [0.1, 0.15) is 30.0 Å². The van der Waals surface area contributed by atoms with Crippen LogP contribution < -0.4 is 4.74 Å². The zero-order chi connectivity index (χ0) is 17.9. The number of aromatic nitrogens is 5. The van der Waals surface area contributed by atoms with E-state index in [4.69, 9.17) is 4.74 Å². The van der Waals surface area contributed by atoms with Gasteiger partial charge in [0.25, 0.3) is 0 Å². The highest BCUT2D eigenvalue weighted by Crippen LogP contribution is 2.27. The first kappa shape index (κ1) is 16.8. The van der Waals surface area contributed by atoms with Gasteiger partial charge in [0.2, 0.25) is 5.88 Å². The number of nitrogens with zero attached hydrogens (tertiary/aromatic N) is 6. The highest BCUT2D eigenvalue weighted by Gasteiger charge is 2.27. The quantitative estimate of drug-likeness (QED) is 0.681. The average Bonchev–Trinajstić information content (AvgIpc) is 3.25. The van der Waals surface area contributed by atoms with Gasteiger partial charge >= 0.3 is 0 Å². The van der Waals surface area contributed by atoms with Gasteiger partial charge in [0.1, 0.15) is 5.82 Å². The summed E-state index contributed by atoms with van der Waals surface area (Å²) in [4.78, 5) is 11.3. The number of aryl methyl sites for hydroxylation is 1. The van der Waals surface area contributed by atoms with Crippen LogP contribution >= 0.6 is 0 Å². The minimum Gasteiger partial charge on any atom is -0.477 e. The van der Waals surface area contributed by atoms with Crippen LogP contribution in [0.4, 0.5) is 0 Å². The van der Waals surface area contributed by atoms with Gasteiger partial charge in [0.15, 0.2) is 0 Å². The topological polar surface area (TPSA) is 61.0 Å². The molecule has 0 radical (unpaired) electrons. The molecule has 0 bridgehead atoms. The summed E-state index contributed by atoms with van der Waals surface area (Å²) in [6.45, 7) is 5.70. The summed E-state index contributed by atoms with van der Waals surface area (Å²) in [6, 6.07) is 5.99. The van der Waals surface area contributed by atoms with Crippen molar-refractivity contribution in [2.24, 2.45) is 7.05 Å². The molecule has 0 N–H and O–H groups in total. The van der Waals surface area contributed by atoms with E-state index in [1.807, 2.05) is 42.3 Å². The third-order valence-electron chi connectivity index (χ3n) is 4.89. The van der Waals surface area contributed by atoms with Gasteiger partial charge in [-0.05, 0) is 13.0 Å². The first-order valence-electron chi connectivity index (χ1n) is 9.00. The lowest BCUT2D eigenvalue weighted by Gasteiger charge is -2.34. The number of hydrogen-bond acceptors (Lipinski definition) is 5.